The molecule has 3 aromatic rings. The van der Waals surface area contributed by atoms with Crippen molar-refractivity contribution in [2.24, 2.45) is 14.1 Å². The van der Waals surface area contributed by atoms with E-state index in [1.807, 2.05) is 22.8 Å². The maximum absolute atomic E-state index is 13.1. The molecule has 1 saturated heterocycles. The number of rotatable bonds is 7. The standard InChI is InChI=1S/C24H32N6O4/c1-4-34-24(33)29-15-13-28(14-16-29)17-19-25-21-20(22(31)27(3)23(32)26(21)2)30(19)12-8-11-18-9-6-5-7-10-18/h5-7,9-10H,4,8,11-17H2,1-3H3. The second-order valence-corrected chi connectivity index (χ2v) is 8.61. The minimum Gasteiger partial charge on any atom is -0.450 e. The van der Waals surface area contributed by atoms with Gasteiger partial charge in [-0.1, -0.05) is 30.3 Å². The Hall–Kier alpha value is -3.40. The van der Waals surface area contributed by atoms with Gasteiger partial charge in [-0.25, -0.2) is 14.6 Å². The highest BCUT2D eigenvalue weighted by Crippen LogP contribution is 2.16. The van der Waals surface area contributed by atoms with E-state index in [9.17, 15) is 14.4 Å². The first-order chi connectivity index (χ1) is 16.4. The summed E-state index contributed by atoms with van der Waals surface area (Å²) >= 11 is 0. The summed E-state index contributed by atoms with van der Waals surface area (Å²) in [7, 11) is 3.15. The number of carbonyl (C=O) groups excluding carboxylic acids is 1. The lowest BCUT2D eigenvalue weighted by Gasteiger charge is -2.33. The molecule has 1 aromatic carbocycles. The van der Waals surface area contributed by atoms with Crippen LogP contribution in [-0.4, -0.2) is 67.4 Å². The molecule has 3 heterocycles. The molecule has 1 amide bonds. The zero-order valence-corrected chi connectivity index (χ0v) is 20.1. The SMILES string of the molecule is CCOC(=O)N1CCN(Cc2nc3c(c(=O)n(C)c(=O)n3C)n2CCCc2ccccc2)CC1. The summed E-state index contributed by atoms with van der Waals surface area (Å²) in [6.07, 6.45) is 1.43. The van der Waals surface area contributed by atoms with Crippen molar-refractivity contribution in [1.82, 2.24) is 28.5 Å². The van der Waals surface area contributed by atoms with E-state index < -0.39 is 0 Å². The van der Waals surface area contributed by atoms with Crippen molar-refractivity contribution >= 4 is 17.3 Å². The van der Waals surface area contributed by atoms with Crippen molar-refractivity contribution < 1.29 is 9.53 Å². The summed E-state index contributed by atoms with van der Waals surface area (Å²) in [5.41, 5.74) is 1.39. The van der Waals surface area contributed by atoms with Gasteiger partial charge in [0.25, 0.3) is 5.56 Å². The summed E-state index contributed by atoms with van der Waals surface area (Å²) in [4.78, 5) is 46.2. The maximum atomic E-state index is 13.1. The molecule has 2 aromatic heterocycles. The van der Waals surface area contributed by atoms with Crippen molar-refractivity contribution in [1.29, 1.82) is 0 Å². The predicted octanol–water partition coefficient (Wildman–Crippen LogP) is 1.34. The van der Waals surface area contributed by atoms with Gasteiger partial charge in [-0.2, -0.15) is 0 Å². The van der Waals surface area contributed by atoms with E-state index in [4.69, 9.17) is 9.72 Å². The summed E-state index contributed by atoms with van der Waals surface area (Å²) < 4.78 is 9.65. The largest absolute Gasteiger partial charge is 0.450 e. The molecule has 10 heteroatoms. The number of hydrogen-bond donors (Lipinski definition) is 0. The second-order valence-electron chi connectivity index (χ2n) is 8.61. The van der Waals surface area contributed by atoms with Gasteiger partial charge in [-0.15, -0.1) is 0 Å². The smallest absolute Gasteiger partial charge is 0.409 e. The maximum Gasteiger partial charge on any atom is 0.409 e. The van der Waals surface area contributed by atoms with Crippen LogP contribution in [0.25, 0.3) is 11.2 Å². The van der Waals surface area contributed by atoms with E-state index in [1.165, 1.54) is 17.2 Å². The normalized spacial score (nSPS) is 14.6. The van der Waals surface area contributed by atoms with E-state index in [0.717, 1.165) is 23.2 Å². The Morgan fingerprint density at radius 1 is 1.03 bits per heavy atom. The third kappa shape index (κ3) is 4.77. The van der Waals surface area contributed by atoms with Crippen molar-refractivity contribution in [3.05, 3.63) is 62.6 Å². The molecule has 0 radical (unpaired) electrons. The minimum atomic E-state index is -0.388. The van der Waals surface area contributed by atoms with Crippen molar-refractivity contribution in [3.8, 4) is 0 Å². The summed E-state index contributed by atoms with van der Waals surface area (Å²) in [6.45, 7) is 5.84. The van der Waals surface area contributed by atoms with Crippen LogP contribution >= 0.6 is 0 Å². The fourth-order valence-corrected chi connectivity index (χ4v) is 4.44. The Bertz CT molecular complexity index is 1270. The lowest BCUT2D eigenvalue weighted by atomic mass is 10.1. The fraction of sp³-hybridized carbons (Fsp3) is 0.500. The molecule has 0 aliphatic carbocycles. The lowest BCUT2D eigenvalue weighted by molar-refractivity contribution is 0.0769. The van der Waals surface area contributed by atoms with Crippen LogP contribution < -0.4 is 11.2 Å². The Morgan fingerprint density at radius 2 is 1.74 bits per heavy atom. The Kier molecular flexibility index (Phi) is 7.16. The minimum absolute atomic E-state index is 0.284. The highest BCUT2D eigenvalue weighted by molar-refractivity contribution is 5.71. The number of hydrogen-bond acceptors (Lipinski definition) is 6. The van der Waals surface area contributed by atoms with Crippen LogP contribution in [0.3, 0.4) is 0 Å². The van der Waals surface area contributed by atoms with Gasteiger partial charge in [-0.05, 0) is 25.3 Å². The van der Waals surface area contributed by atoms with E-state index >= 15 is 0 Å². The monoisotopic (exact) mass is 468 g/mol. The van der Waals surface area contributed by atoms with E-state index in [2.05, 4.69) is 17.0 Å². The first-order valence-corrected chi connectivity index (χ1v) is 11.7. The van der Waals surface area contributed by atoms with E-state index in [-0.39, 0.29) is 17.3 Å². The van der Waals surface area contributed by atoms with Crippen LogP contribution in [0.2, 0.25) is 0 Å². The van der Waals surface area contributed by atoms with Gasteiger partial charge in [0.2, 0.25) is 0 Å². The number of aryl methyl sites for hydroxylation is 3. The molecule has 0 spiro atoms. The van der Waals surface area contributed by atoms with Gasteiger partial charge in [0, 0.05) is 46.8 Å². The molecule has 0 N–H and O–H groups in total. The zero-order chi connectivity index (χ0) is 24.2. The molecular weight excluding hydrogens is 436 g/mol. The number of piperazine rings is 1. The first-order valence-electron chi connectivity index (χ1n) is 11.7. The van der Waals surface area contributed by atoms with Crippen molar-refractivity contribution in [3.63, 3.8) is 0 Å². The average molecular weight is 469 g/mol. The number of amides is 1. The Balaban J connectivity index is 1.59. The van der Waals surface area contributed by atoms with Crippen LogP contribution in [0.4, 0.5) is 4.79 Å². The Labute approximate surface area is 198 Å². The lowest BCUT2D eigenvalue weighted by Crippen LogP contribution is -2.48. The molecule has 1 aliphatic rings. The van der Waals surface area contributed by atoms with E-state index in [0.29, 0.717) is 57.0 Å². The molecular formula is C24H32N6O4. The van der Waals surface area contributed by atoms with Gasteiger partial charge < -0.3 is 14.2 Å². The molecule has 1 aliphatic heterocycles. The van der Waals surface area contributed by atoms with E-state index in [1.54, 1.807) is 18.9 Å². The number of carbonyl (C=O) groups is 1. The highest BCUT2D eigenvalue weighted by Gasteiger charge is 2.25. The number of benzene rings is 1. The van der Waals surface area contributed by atoms with Gasteiger partial charge in [0.1, 0.15) is 5.82 Å². The molecule has 0 saturated carbocycles. The second kappa shape index (κ2) is 10.3. The summed E-state index contributed by atoms with van der Waals surface area (Å²) in [6, 6.07) is 10.2. The van der Waals surface area contributed by atoms with Crippen LogP contribution in [-0.2, 0) is 38.3 Å². The number of imidazole rings is 1. The number of aromatic nitrogens is 4. The first kappa shape index (κ1) is 23.7. The summed E-state index contributed by atoms with van der Waals surface area (Å²) in [5.74, 6) is 0.756. The molecule has 34 heavy (non-hydrogen) atoms. The number of fused-ring (bicyclic) bond motifs is 1. The van der Waals surface area contributed by atoms with Crippen LogP contribution in [0.1, 0.15) is 24.7 Å². The van der Waals surface area contributed by atoms with Gasteiger partial charge in [0.15, 0.2) is 11.2 Å². The number of ether oxygens (including phenoxy) is 1. The highest BCUT2D eigenvalue weighted by atomic mass is 16.6. The van der Waals surface area contributed by atoms with Crippen molar-refractivity contribution in [2.45, 2.75) is 32.9 Å². The quantitative estimate of drug-likeness (QED) is 0.520. The predicted molar refractivity (Wildman–Crippen MR) is 129 cm³/mol. The average Bonchev–Trinajstić information content (AvgIpc) is 3.20. The van der Waals surface area contributed by atoms with Gasteiger partial charge in [-0.3, -0.25) is 18.8 Å². The van der Waals surface area contributed by atoms with Gasteiger partial charge >= 0.3 is 11.8 Å². The molecule has 0 unspecified atom stereocenters. The topological polar surface area (TPSA) is 94.6 Å². The molecule has 1 fully saturated rings. The molecule has 0 bridgehead atoms. The third-order valence-electron chi connectivity index (χ3n) is 6.38. The number of nitrogens with zero attached hydrogens (tertiary/aromatic N) is 6. The zero-order valence-electron chi connectivity index (χ0n) is 20.1. The fourth-order valence-electron chi connectivity index (χ4n) is 4.44. The van der Waals surface area contributed by atoms with Crippen LogP contribution in [0.5, 0.6) is 0 Å². The summed E-state index contributed by atoms with van der Waals surface area (Å²) in [5, 5.41) is 0. The van der Waals surface area contributed by atoms with Crippen LogP contribution in [0.15, 0.2) is 39.9 Å². The molecule has 10 nitrogen and oxygen atoms in total. The van der Waals surface area contributed by atoms with Crippen molar-refractivity contribution in [2.75, 3.05) is 32.8 Å². The molecule has 4 rings (SSSR count). The van der Waals surface area contributed by atoms with Crippen LogP contribution in [0, 0.1) is 0 Å². The Morgan fingerprint density at radius 3 is 2.41 bits per heavy atom. The molecule has 0 atom stereocenters. The third-order valence-corrected chi connectivity index (χ3v) is 6.38. The van der Waals surface area contributed by atoms with Gasteiger partial charge in [0.05, 0.1) is 13.2 Å². The molecule has 182 valence electrons.